The van der Waals surface area contributed by atoms with Crippen molar-refractivity contribution in [1.82, 2.24) is 39.8 Å². The molecular formula is C74H86N10O21S2. The van der Waals surface area contributed by atoms with Gasteiger partial charge in [-0.3, -0.25) is 43.4 Å². The van der Waals surface area contributed by atoms with E-state index in [1.807, 2.05) is 59.0 Å². The Morgan fingerprint density at radius 1 is 0.850 bits per heavy atom. The van der Waals surface area contributed by atoms with Gasteiger partial charge in [0.15, 0.2) is 16.9 Å². The number of fused-ring (bicyclic) bond motifs is 2. The molecule has 14 rings (SSSR count). The van der Waals surface area contributed by atoms with E-state index in [4.69, 9.17) is 38.3 Å². The predicted molar refractivity (Wildman–Crippen MR) is 383 cm³/mol. The molecule has 33 heteroatoms. The van der Waals surface area contributed by atoms with Gasteiger partial charge in [-0.25, -0.2) is 24.4 Å². The minimum atomic E-state index is -4.36. The molecule has 0 radical (unpaired) electrons. The van der Waals surface area contributed by atoms with E-state index in [1.54, 1.807) is 43.6 Å². The van der Waals surface area contributed by atoms with Crippen LogP contribution in [0.15, 0.2) is 91.1 Å². The smallest absolute Gasteiger partial charge is 0.409 e. The average molecular weight is 1520 g/mol. The maximum atomic E-state index is 13.9. The van der Waals surface area contributed by atoms with Crippen molar-refractivity contribution in [3.05, 3.63) is 130 Å². The van der Waals surface area contributed by atoms with E-state index in [-0.39, 0.29) is 78.5 Å². The summed E-state index contributed by atoms with van der Waals surface area (Å²) in [6.07, 6.45) is 0.310. The van der Waals surface area contributed by atoms with Gasteiger partial charge in [-0.1, -0.05) is 61.6 Å². The van der Waals surface area contributed by atoms with Crippen LogP contribution in [0, 0.1) is 23.2 Å². The zero-order chi connectivity index (χ0) is 76.1. The SMILES string of the molecule is Cc1c(-c2ccc(N3CCc4cccc(C(=O)Nc5nc6ccccc6s5)c4C3)nc2C(=O)O)cnn1CC12CC3(C)CC(C)(C1)CC(OCCN(C)C(=O)OCc1ccc(CCCCNC(=O)CN4C(=O)[C@@H](N5C(=O)C=CC5=O)C[C@H]4COCCS(=O)(=O)O)cc1O[C@@H]1O[C@H](C(=O)O)[C@@H](O)[C@H](O)[C@H]1O)(C3)C2. The molecule has 4 saturated carbocycles. The number of para-hydroxylation sites is 1. The lowest BCUT2D eigenvalue weighted by Crippen LogP contribution is -2.64. The van der Waals surface area contributed by atoms with Crippen LogP contribution in [0.3, 0.4) is 0 Å². The molecule has 107 heavy (non-hydrogen) atoms. The first-order valence-corrected chi connectivity index (χ1v) is 38.0. The highest BCUT2D eigenvalue weighted by Crippen LogP contribution is 2.72. The molecule has 2 saturated heterocycles. The Morgan fingerprint density at radius 3 is 2.34 bits per heavy atom. The van der Waals surface area contributed by atoms with Gasteiger partial charge in [-0.15, -0.1) is 0 Å². The highest BCUT2D eigenvalue weighted by molar-refractivity contribution is 7.85. The molecule has 0 spiro atoms. The highest BCUT2D eigenvalue weighted by atomic mass is 32.2. The number of imide groups is 1. The second-order valence-electron chi connectivity index (χ2n) is 30.1. The molecule has 6 amide bonds. The summed E-state index contributed by atoms with van der Waals surface area (Å²) >= 11 is 1.40. The summed E-state index contributed by atoms with van der Waals surface area (Å²) in [7, 11) is -2.79. The molecule has 8 aliphatic rings. The third kappa shape index (κ3) is 16.4. The van der Waals surface area contributed by atoms with Crippen LogP contribution in [-0.4, -0.2) is 228 Å². The predicted octanol–water partition coefficient (Wildman–Crippen LogP) is 5.29. The van der Waals surface area contributed by atoms with Crippen LogP contribution >= 0.6 is 11.3 Å². The molecule has 570 valence electrons. The first-order chi connectivity index (χ1) is 50.9. The van der Waals surface area contributed by atoms with Crippen molar-refractivity contribution in [2.45, 2.75) is 159 Å². The number of pyridine rings is 1. The number of aromatic carboxylic acids is 1. The van der Waals surface area contributed by atoms with E-state index in [0.29, 0.717) is 78.5 Å². The number of aromatic nitrogens is 4. The fraction of sp³-hybridized carbons (Fsp3) is 0.500. The number of benzene rings is 3. The number of nitrogens with zero attached hydrogens (tertiary/aromatic N) is 8. The van der Waals surface area contributed by atoms with Crippen LogP contribution < -0.4 is 20.3 Å². The van der Waals surface area contributed by atoms with E-state index in [1.165, 1.54) is 16.2 Å². The van der Waals surface area contributed by atoms with Crippen molar-refractivity contribution in [2.24, 2.45) is 16.2 Å². The zero-order valence-corrected chi connectivity index (χ0v) is 61.1. The number of aliphatic hydroxyl groups is 3. The van der Waals surface area contributed by atoms with Gasteiger partial charge in [0.05, 0.1) is 60.2 Å². The zero-order valence-electron chi connectivity index (χ0n) is 59.5. The lowest BCUT2D eigenvalue weighted by Gasteiger charge is -2.69. The summed E-state index contributed by atoms with van der Waals surface area (Å²) in [5.41, 5.74) is 4.91. The maximum Gasteiger partial charge on any atom is 0.409 e. The summed E-state index contributed by atoms with van der Waals surface area (Å²) in [5, 5.41) is 63.8. The van der Waals surface area contributed by atoms with Crippen molar-refractivity contribution >= 4 is 90.2 Å². The molecule has 3 aromatic carbocycles. The normalized spacial score (nSPS) is 26.6. The molecule has 4 bridgehead atoms. The number of nitrogens with one attached hydrogen (secondary N) is 2. The molecule has 7 heterocycles. The van der Waals surface area contributed by atoms with Gasteiger partial charge in [-0.05, 0) is 140 Å². The molecular weight excluding hydrogens is 1430 g/mol. The molecule has 2 unspecified atom stereocenters. The lowest BCUT2D eigenvalue weighted by atomic mass is 9.39. The monoisotopic (exact) mass is 1510 g/mol. The number of carboxylic acid groups (broad SMARTS) is 2. The van der Waals surface area contributed by atoms with Crippen LogP contribution in [0.1, 0.15) is 120 Å². The number of rotatable bonds is 29. The number of aliphatic carboxylic acids is 1. The van der Waals surface area contributed by atoms with Gasteiger partial charge in [0.2, 0.25) is 18.1 Å². The fourth-order valence-corrected chi connectivity index (χ4v) is 19.0. The summed E-state index contributed by atoms with van der Waals surface area (Å²) in [6, 6.07) is 19.8. The number of carboxylic acids is 2. The number of carbonyl (C=O) groups excluding carboxylic acids is 6. The van der Waals surface area contributed by atoms with Crippen molar-refractivity contribution in [1.29, 1.82) is 0 Å². The molecule has 3 aromatic heterocycles. The van der Waals surface area contributed by atoms with Gasteiger partial charge >= 0.3 is 18.0 Å². The number of amides is 6. The maximum absolute atomic E-state index is 13.9. The van der Waals surface area contributed by atoms with E-state index in [9.17, 15) is 72.3 Å². The molecule has 6 fully saturated rings. The number of anilines is 2. The van der Waals surface area contributed by atoms with Crippen LogP contribution in [-0.2, 0) is 85.6 Å². The number of carbonyl (C=O) groups is 8. The standard InChI is InChI=1S/C74H86N10O21S2/c1-42-49(47-17-18-55(78-59(47)66(93)94)81-23-21-44-11-9-12-48(50(44)31-81)64(91)79-69-77-51-13-5-6-14-54(51)106-69)30-76-83(42)41-73-36-71(2)35-72(3,37-73)39-74(38-71,40-73)103-25-24-80(4)70(97)102-33-45-16-15-43(28-53(45)104-68-62(90)60(88)61(89)63(105-68)67(95)96)10-7-8-22-75-56(85)32-82-46(34-101-26-27-107(98,99)100)29-52(65(82)92)84-57(86)19-20-58(84)87/h5-6,9,11-20,28,30,46,52,60-63,68,88-90H,7-8,10,21-27,29,31-41H2,1-4H3,(H,75,85)(H,93,94)(H,95,96)(H,77,79,91)(H,98,99,100)/t46-,52-,60-,61-,62+,63-,68+,71?,72?,73?,74?/m0/s1. The number of aryl methyl sites for hydroxylation is 1. The number of hydrogen-bond donors (Lipinski definition) is 8. The Kier molecular flexibility index (Phi) is 21.6. The number of hydrogen-bond acceptors (Lipinski definition) is 23. The Morgan fingerprint density at radius 2 is 1.61 bits per heavy atom. The summed E-state index contributed by atoms with van der Waals surface area (Å²) in [4.78, 5) is 120. The quantitative estimate of drug-likeness (QED) is 0.0168. The van der Waals surface area contributed by atoms with Crippen molar-refractivity contribution in [3.63, 3.8) is 0 Å². The number of ether oxygens (including phenoxy) is 5. The minimum Gasteiger partial charge on any atom is -0.479 e. The van der Waals surface area contributed by atoms with Crippen LogP contribution in [0.5, 0.6) is 5.75 Å². The van der Waals surface area contributed by atoms with Gasteiger partial charge in [0.25, 0.3) is 27.8 Å². The first kappa shape index (κ1) is 75.9. The van der Waals surface area contributed by atoms with E-state index in [2.05, 4.69) is 29.5 Å². The van der Waals surface area contributed by atoms with E-state index < -0.39 is 119 Å². The number of likely N-dealkylation sites (tertiary alicyclic amines) is 1. The van der Waals surface area contributed by atoms with Crippen LogP contribution in [0.4, 0.5) is 15.7 Å². The molecule has 6 aromatic rings. The number of aliphatic hydroxyl groups excluding tert-OH is 3. The number of thiazole rings is 1. The van der Waals surface area contributed by atoms with Crippen molar-refractivity contribution in [2.75, 3.05) is 69.0 Å². The Bertz CT molecular complexity index is 4570. The van der Waals surface area contributed by atoms with Gasteiger partial charge in [0.1, 0.15) is 42.5 Å². The van der Waals surface area contributed by atoms with Gasteiger partial charge in [-0.2, -0.15) is 13.5 Å². The lowest BCUT2D eigenvalue weighted by molar-refractivity contribution is -0.271. The molecule has 4 aliphatic carbocycles. The Balaban J connectivity index is 0.625. The fourth-order valence-electron chi connectivity index (χ4n) is 17.9. The topological polar surface area (TPSA) is 419 Å². The molecule has 31 nitrogen and oxygen atoms in total. The summed E-state index contributed by atoms with van der Waals surface area (Å²) in [6.45, 7) is 6.95. The average Bonchev–Trinajstić information content (AvgIpc) is 1.00. The third-order valence-electron chi connectivity index (χ3n) is 21.6. The second-order valence-corrected chi connectivity index (χ2v) is 32.7. The molecule has 9 atom stereocenters. The minimum absolute atomic E-state index is 0.0121. The van der Waals surface area contributed by atoms with Crippen molar-refractivity contribution in [3.8, 4) is 16.9 Å². The summed E-state index contributed by atoms with van der Waals surface area (Å²) < 4.78 is 64.4. The largest absolute Gasteiger partial charge is 0.479 e. The highest BCUT2D eigenvalue weighted by Gasteiger charge is 2.66. The third-order valence-corrected chi connectivity index (χ3v) is 23.3. The number of likely N-dealkylation sites (N-methyl/N-ethyl adjacent to an activating group) is 1. The number of unbranched alkanes of at least 4 members (excludes halogenated alkanes) is 1. The van der Waals surface area contributed by atoms with Crippen molar-refractivity contribution < 1.29 is 101 Å². The Hall–Kier alpha value is -9.32. The van der Waals surface area contributed by atoms with Gasteiger partial charge < -0.3 is 69.2 Å². The summed E-state index contributed by atoms with van der Waals surface area (Å²) in [5.74, 6) is -6.05. The molecule has 8 N–H and O–H groups in total. The Labute approximate surface area is 619 Å². The van der Waals surface area contributed by atoms with Gasteiger partial charge in [0, 0.05) is 86.3 Å². The van der Waals surface area contributed by atoms with Crippen LogP contribution in [0.25, 0.3) is 21.3 Å². The van der Waals surface area contributed by atoms with Crippen LogP contribution in [0.2, 0.25) is 0 Å². The molecule has 4 aliphatic heterocycles. The second kappa shape index (κ2) is 30.4. The van der Waals surface area contributed by atoms with E-state index in [0.717, 1.165) is 87.5 Å². The van der Waals surface area contributed by atoms with E-state index >= 15 is 0 Å². The first-order valence-electron chi connectivity index (χ1n) is 35.6.